The molecule has 76 valence electrons. The van der Waals surface area contributed by atoms with Gasteiger partial charge in [0.15, 0.2) is 11.5 Å². The van der Waals surface area contributed by atoms with Gasteiger partial charge in [-0.3, -0.25) is 0 Å². The summed E-state index contributed by atoms with van der Waals surface area (Å²) in [5.41, 5.74) is 0. The lowest BCUT2D eigenvalue weighted by Crippen LogP contribution is -2.51. The van der Waals surface area contributed by atoms with Crippen LogP contribution in [0.1, 0.15) is 0 Å². The highest BCUT2D eigenvalue weighted by molar-refractivity contribution is 6.22. The second-order valence-electron chi connectivity index (χ2n) is 2.68. The number of hydrogen-bond acceptors (Lipinski definition) is 2. The largest absolute Gasteiger partial charge is 0.488 e. The van der Waals surface area contributed by atoms with Crippen molar-refractivity contribution in [1.29, 1.82) is 0 Å². The Kier molecular flexibility index (Phi) is 1.82. The maximum Gasteiger partial charge on any atom is 0.488 e. The van der Waals surface area contributed by atoms with E-state index < -0.39 is 11.4 Å². The van der Waals surface area contributed by atoms with Gasteiger partial charge in [0.25, 0.3) is 0 Å². The maximum atomic E-state index is 13.0. The Morgan fingerprint density at radius 2 is 1.50 bits per heavy atom. The fourth-order valence-corrected chi connectivity index (χ4v) is 1.14. The third kappa shape index (κ3) is 1.28. The van der Waals surface area contributed by atoms with Gasteiger partial charge in [-0.15, -0.1) is 0 Å². The highest BCUT2D eigenvalue weighted by Gasteiger charge is 2.63. The van der Waals surface area contributed by atoms with Crippen molar-refractivity contribution < 1.29 is 22.6 Å². The molecule has 0 N–H and O–H groups in total. The Morgan fingerprint density at radius 3 is 2.07 bits per heavy atom. The van der Waals surface area contributed by atoms with Crippen molar-refractivity contribution in [3.05, 3.63) is 24.3 Å². The average molecular weight is 225 g/mol. The zero-order valence-electron chi connectivity index (χ0n) is 6.64. The molecule has 0 saturated heterocycles. The molecule has 0 aromatic heterocycles. The first-order chi connectivity index (χ1) is 6.42. The van der Waals surface area contributed by atoms with Crippen LogP contribution in [0.4, 0.5) is 13.2 Å². The van der Waals surface area contributed by atoms with Crippen LogP contribution in [0.3, 0.4) is 0 Å². The van der Waals surface area contributed by atoms with Crippen LogP contribution in [0, 0.1) is 0 Å². The van der Waals surface area contributed by atoms with E-state index in [1.54, 1.807) is 0 Å². The fourth-order valence-electron chi connectivity index (χ4n) is 1.01. The van der Waals surface area contributed by atoms with Crippen molar-refractivity contribution in [3.8, 4) is 11.5 Å². The van der Waals surface area contributed by atoms with E-state index in [-0.39, 0.29) is 11.5 Å². The second-order valence-corrected chi connectivity index (χ2v) is 3.17. The summed E-state index contributed by atoms with van der Waals surface area (Å²) < 4.78 is 46.9. The van der Waals surface area contributed by atoms with E-state index >= 15 is 0 Å². The van der Waals surface area contributed by atoms with Crippen molar-refractivity contribution in [3.63, 3.8) is 0 Å². The predicted molar refractivity (Wildman–Crippen MR) is 42.3 cm³/mol. The normalized spacial score (nSPS) is 28.6. The molecule has 0 bridgehead atoms. The molecule has 1 aliphatic heterocycles. The maximum absolute atomic E-state index is 13.0. The summed E-state index contributed by atoms with van der Waals surface area (Å²) in [6, 6.07) is 5.45. The molecule has 1 aromatic carbocycles. The van der Waals surface area contributed by atoms with Gasteiger partial charge >= 0.3 is 11.4 Å². The molecule has 1 aliphatic rings. The van der Waals surface area contributed by atoms with E-state index in [9.17, 15) is 13.2 Å². The van der Waals surface area contributed by atoms with E-state index in [0.29, 0.717) is 0 Å². The summed E-state index contributed by atoms with van der Waals surface area (Å²) in [6.45, 7) is 0. The number of ether oxygens (including phenoxy) is 2. The smallest absolute Gasteiger partial charge is 0.434 e. The zero-order valence-corrected chi connectivity index (χ0v) is 7.39. The van der Waals surface area contributed by atoms with Gasteiger partial charge < -0.3 is 9.47 Å². The number of benzene rings is 1. The van der Waals surface area contributed by atoms with Crippen molar-refractivity contribution >= 4 is 11.6 Å². The summed E-state index contributed by atoms with van der Waals surface area (Å²) in [6.07, 6.45) is -4.21. The molecule has 14 heavy (non-hydrogen) atoms. The summed E-state index contributed by atoms with van der Waals surface area (Å²) >= 11 is 4.83. The molecule has 1 atom stereocenters. The standard InChI is InChI=1S/C8H4ClF3O2/c9-7(10)8(11,12)14-6-4-2-1-3-5(6)13-7/h1-4H. The summed E-state index contributed by atoms with van der Waals surface area (Å²) in [5.74, 6) is -0.401. The zero-order chi connectivity index (χ0) is 10.4. The van der Waals surface area contributed by atoms with Gasteiger partial charge in [0.1, 0.15) is 0 Å². The molecule has 2 nitrogen and oxygen atoms in total. The van der Waals surface area contributed by atoms with Crippen molar-refractivity contribution in [1.82, 2.24) is 0 Å². The SMILES string of the molecule is FC1(F)Oc2ccccc2OC1(F)Cl. The number of fused-ring (bicyclic) bond motifs is 1. The van der Waals surface area contributed by atoms with E-state index in [1.165, 1.54) is 24.3 Å². The van der Waals surface area contributed by atoms with Crippen LogP contribution < -0.4 is 9.47 Å². The molecule has 0 radical (unpaired) electrons. The van der Waals surface area contributed by atoms with Gasteiger partial charge in [0.05, 0.1) is 0 Å². The minimum Gasteiger partial charge on any atom is -0.434 e. The van der Waals surface area contributed by atoms with Crippen LogP contribution in [-0.4, -0.2) is 11.4 Å². The number of halogens is 4. The summed E-state index contributed by atoms with van der Waals surface area (Å²) in [5, 5.41) is -3.67. The van der Waals surface area contributed by atoms with Crippen LogP contribution in [0.5, 0.6) is 11.5 Å². The number of hydrogen-bond donors (Lipinski definition) is 0. The Bertz CT molecular complexity index is 332. The summed E-state index contributed by atoms with van der Waals surface area (Å²) in [4.78, 5) is 0. The summed E-state index contributed by atoms with van der Waals surface area (Å²) in [7, 11) is 0. The molecule has 6 heteroatoms. The Morgan fingerprint density at radius 1 is 1.00 bits per heavy atom. The van der Waals surface area contributed by atoms with Crippen LogP contribution in [0.2, 0.25) is 0 Å². The van der Waals surface area contributed by atoms with Crippen LogP contribution in [0.15, 0.2) is 24.3 Å². The monoisotopic (exact) mass is 224 g/mol. The van der Waals surface area contributed by atoms with Crippen LogP contribution >= 0.6 is 11.6 Å². The molecule has 0 amide bonds. The average Bonchev–Trinajstić information content (AvgIpc) is 2.05. The molecular formula is C8H4ClF3O2. The molecule has 0 aliphatic carbocycles. The molecule has 1 aromatic rings. The molecule has 1 heterocycles. The van der Waals surface area contributed by atoms with Crippen LogP contribution in [0.25, 0.3) is 0 Å². The van der Waals surface area contributed by atoms with Gasteiger partial charge in [-0.05, 0) is 23.7 Å². The molecule has 0 saturated carbocycles. The Hall–Kier alpha value is -1.10. The van der Waals surface area contributed by atoms with E-state index in [4.69, 9.17) is 11.6 Å². The topological polar surface area (TPSA) is 18.5 Å². The lowest BCUT2D eigenvalue weighted by Gasteiger charge is -2.33. The van der Waals surface area contributed by atoms with E-state index in [2.05, 4.69) is 9.47 Å². The first kappa shape index (κ1) is 9.45. The molecule has 1 unspecified atom stereocenters. The van der Waals surface area contributed by atoms with Gasteiger partial charge in [0, 0.05) is 0 Å². The van der Waals surface area contributed by atoms with Gasteiger partial charge in [-0.25, -0.2) is 0 Å². The minimum absolute atomic E-state index is 0.157. The molecular weight excluding hydrogens is 221 g/mol. The third-order valence-corrected chi connectivity index (χ3v) is 1.96. The highest BCUT2D eigenvalue weighted by atomic mass is 35.5. The van der Waals surface area contributed by atoms with Crippen molar-refractivity contribution in [2.24, 2.45) is 0 Å². The fraction of sp³-hybridized carbons (Fsp3) is 0.250. The van der Waals surface area contributed by atoms with Gasteiger partial charge in [-0.1, -0.05) is 12.1 Å². The van der Waals surface area contributed by atoms with Gasteiger partial charge in [-0.2, -0.15) is 13.2 Å². The highest BCUT2D eigenvalue weighted by Crippen LogP contribution is 2.47. The number of para-hydroxylation sites is 2. The lowest BCUT2D eigenvalue weighted by atomic mass is 10.3. The number of rotatable bonds is 0. The quantitative estimate of drug-likeness (QED) is 0.631. The van der Waals surface area contributed by atoms with Gasteiger partial charge in [0.2, 0.25) is 0 Å². The van der Waals surface area contributed by atoms with Crippen molar-refractivity contribution in [2.45, 2.75) is 11.4 Å². The van der Waals surface area contributed by atoms with E-state index in [0.717, 1.165) is 0 Å². The van der Waals surface area contributed by atoms with E-state index in [1.807, 2.05) is 0 Å². The molecule has 2 rings (SSSR count). The minimum atomic E-state index is -4.21. The molecule has 0 spiro atoms. The Labute approximate surface area is 82.2 Å². The Balaban J connectivity index is 2.46. The lowest BCUT2D eigenvalue weighted by molar-refractivity contribution is -0.303. The first-order valence-corrected chi connectivity index (χ1v) is 4.03. The third-order valence-electron chi connectivity index (χ3n) is 1.66. The van der Waals surface area contributed by atoms with Crippen LogP contribution in [-0.2, 0) is 0 Å². The predicted octanol–water partition coefficient (Wildman–Crippen LogP) is 2.91. The first-order valence-electron chi connectivity index (χ1n) is 3.65. The second kappa shape index (κ2) is 2.70. The molecule has 0 fully saturated rings. The van der Waals surface area contributed by atoms with Crippen molar-refractivity contribution in [2.75, 3.05) is 0 Å². The number of alkyl halides is 4.